The summed E-state index contributed by atoms with van der Waals surface area (Å²) in [6.45, 7) is 2.41. The first kappa shape index (κ1) is 6.45. The molecule has 0 N–H and O–H groups in total. The van der Waals surface area contributed by atoms with E-state index < -0.39 is 0 Å². The van der Waals surface area contributed by atoms with Crippen LogP contribution >= 0.6 is 0 Å². The summed E-state index contributed by atoms with van der Waals surface area (Å²) in [5, 5.41) is 0. The van der Waals surface area contributed by atoms with Gasteiger partial charge in [0, 0.05) is 0 Å². The summed E-state index contributed by atoms with van der Waals surface area (Å²) in [7, 11) is 0. The molecule has 0 aromatic heterocycles. The maximum absolute atomic E-state index is 2.46. The standard InChI is InChI=1S/C10H16/c1-8-4-2-5-9-6-3-7-10(8)9/h2,5,8-10H,3-4,6-7H2,1H3/t8-,9+,10+/m1/s1. The Labute approximate surface area is 63.3 Å². The quantitative estimate of drug-likeness (QED) is 0.449. The average Bonchev–Trinajstić information content (AvgIpc) is 2.36. The van der Waals surface area contributed by atoms with Crippen molar-refractivity contribution in [3.63, 3.8) is 0 Å². The molecule has 2 aliphatic rings. The van der Waals surface area contributed by atoms with Crippen molar-refractivity contribution in [1.29, 1.82) is 0 Å². The molecule has 2 rings (SSSR count). The second kappa shape index (κ2) is 2.41. The Bertz CT molecular complexity index is 146. The monoisotopic (exact) mass is 136 g/mol. The molecule has 0 heteroatoms. The fourth-order valence-corrected chi connectivity index (χ4v) is 2.61. The molecule has 0 unspecified atom stereocenters. The molecule has 2 aliphatic carbocycles. The second-order valence-corrected chi connectivity index (χ2v) is 3.90. The van der Waals surface area contributed by atoms with Crippen LogP contribution in [0.5, 0.6) is 0 Å². The molecule has 10 heavy (non-hydrogen) atoms. The fourth-order valence-electron chi connectivity index (χ4n) is 2.61. The van der Waals surface area contributed by atoms with Crippen LogP contribution in [0.4, 0.5) is 0 Å². The van der Waals surface area contributed by atoms with Gasteiger partial charge in [0.15, 0.2) is 0 Å². The Morgan fingerprint density at radius 3 is 3.00 bits per heavy atom. The number of fused-ring (bicyclic) bond motifs is 1. The molecule has 0 heterocycles. The Kier molecular flexibility index (Phi) is 1.55. The van der Waals surface area contributed by atoms with Crippen LogP contribution in [0.1, 0.15) is 32.6 Å². The Balaban J connectivity index is 2.14. The van der Waals surface area contributed by atoms with E-state index >= 15 is 0 Å². The summed E-state index contributed by atoms with van der Waals surface area (Å²) in [6.07, 6.45) is 10.6. The molecule has 1 saturated carbocycles. The number of hydrogen-bond acceptors (Lipinski definition) is 0. The van der Waals surface area contributed by atoms with Crippen LogP contribution in [0.15, 0.2) is 12.2 Å². The fraction of sp³-hybridized carbons (Fsp3) is 0.800. The zero-order valence-corrected chi connectivity index (χ0v) is 6.72. The lowest BCUT2D eigenvalue weighted by Gasteiger charge is -2.26. The first-order valence-electron chi connectivity index (χ1n) is 4.54. The summed E-state index contributed by atoms with van der Waals surface area (Å²) in [5.41, 5.74) is 0. The molecular weight excluding hydrogens is 120 g/mol. The summed E-state index contributed by atoms with van der Waals surface area (Å²) in [5.74, 6) is 2.98. The molecular formula is C10H16. The van der Waals surface area contributed by atoms with Crippen molar-refractivity contribution >= 4 is 0 Å². The predicted molar refractivity (Wildman–Crippen MR) is 43.8 cm³/mol. The lowest BCUT2D eigenvalue weighted by Crippen LogP contribution is -2.17. The highest BCUT2D eigenvalue weighted by atomic mass is 14.4. The molecule has 0 amide bonds. The smallest absolute Gasteiger partial charge is 0.0202 e. The van der Waals surface area contributed by atoms with Gasteiger partial charge in [-0.25, -0.2) is 0 Å². The Morgan fingerprint density at radius 2 is 2.20 bits per heavy atom. The average molecular weight is 136 g/mol. The highest BCUT2D eigenvalue weighted by Crippen LogP contribution is 2.41. The summed E-state index contributed by atoms with van der Waals surface area (Å²) >= 11 is 0. The highest BCUT2D eigenvalue weighted by Gasteiger charge is 2.31. The van der Waals surface area contributed by atoms with E-state index in [1.54, 1.807) is 0 Å². The molecule has 0 aliphatic heterocycles. The van der Waals surface area contributed by atoms with Crippen molar-refractivity contribution in [3.8, 4) is 0 Å². The first-order valence-corrected chi connectivity index (χ1v) is 4.54. The zero-order chi connectivity index (χ0) is 6.97. The predicted octanol–water partition coefficient (Wildman–Crippen LogP) is 3.00. The molecule has 3 atom stereocenters. The van der Waals surface area contributed by atoms with Crippen LogP contribution in [-0.2, 0) is 0 Å². The SMILES string of the molecule is C[C@@H]1CC=C[C@H]2CCC[C@@H]12. The van der Waals surface area contributed by atoms with Gasteiger partial charge in [-0.15, -0.1) is 0 Å². The summed E-state index contributed by atoms with van der Waals surface area (Å²) < 4.78 is 0. The first-order chi connectivity index (χ1) is 4.88. The minimum absolute atomic E-state index is 0.962. The van der Waals surface area contributed by atoms with Crippen LogP contribution in [0.2, 0.25) is 0 Å². The van der Waals surface area contributed by atoms with E-state index in [4.69, 9.17) is 0 Å². The van der Waals surface area contributed by atoms with E-state index in [9.17, 15) is 0 Å². The van der Waals surface area contributed by atoms with Gasteiger partial charge in [-0.1, -0.05) is 25.5 Å². The summed E-state index contributed by atoms with van der Waals surface area (Å²) in [4.78, 5) is 0. The largest absolute Gasteiger partial charge is 0.0880 e. The van der Waals surface area contributed by atoms with Crippen LogP contribution in [-0.4, -0.2) is 0 Å². The van der Waals surface area contributed by atoms with Gasteiger partial charge in [0.2, 0.25) is 0 Å². The topological polar surface area (TPSA) is 0 Å². The maximum atomic E-state index is 2.46. The second-order valence-electron chi connectivity index (χ2n) is 3.90. The third kappa shape index (κ3) is 0.902. The van der Waals surface area contributed by atoms with Crippen molar-refractivity contribution in [2.24, 2.45) is 17.8 Å². The van der Waals surface area contributed by atoms with Crippen LogP contribution in [0.3, 0.4) is 0 Å². The van der Waals surface area contributed by atoms with Gasteiger partial charge >= 0.3 is 0 Å². The lowest BCUT2D eigenvalue weighted by atomic mass is 9.79. The van der Waals surface area contributed by atoms with E-state index in [0.717, 1.165) is 17.8 Å². The molecule has 56 valence electrons. The van der Waals surface area contributed by atoms with Crippen LogP contribution in [0, 0.1) is 17.8 Å². The number of allylic oxidation sites excluding steroid dienone is 2. The van der Waals surface area contributed by atoms with Gasteiger partial charge in [-0.3, -0.25) is 0 Å². The van der Waals surface area contributed by atoms with Crippen molar-refractivity contribution < 1.29 is 0 Å². The zero-order valence-electron chi connectivity index (χ0n) is 6.72. The number of rotatable bonds is 0. The third-order valence-electron chi connectivity index (χ3n) is 3.25. The molecule has 1 fully saturated rings. The normalized spacial score (nSPS) is 45.5. The van der Waals surface area contributed by atoms with Crippen molar-refractivity contribution in [3.05, 3.63) is 12.2 Å². The van der Waals surface area contributed by atoms with Gasteiger partial charge in [-0.05, 0) is 37.0 Å². The Hall–Kier alpha value is -0.260. The summed E-state index contributed by atoms with van der Waals surface area (Å²) in [6, 6.07) is 0. The van der Waals surface area contributed by atoms with Gasteiger partial charge in [-0.2, -0.15) is 0 Å². The van der Waals surface area contributed by atoms with Gasteiger partial charge in [0.05, 0.1) is 0 Å². The molecule has 0 nitrogen and oxygen atoms in total. The minimum atomic E-state index is 0.962. The van der Waals surface area contributed by atoms with Gasteiger partial charge in [0.1, 0.15) is 0 Å². The van der Waals surface area contributed by atoms with E-state index in [-0.39, 0.29) is 0 Å². The Morgan fingerprint density at radius 1 is 1.30 bits per heavy atom. The third-order valence-corrected chi connectivity index (χ3v) is 3.25. The van der Waals surface area contributed by atoms with Crippen molar-refractivity contribution in [2.75, 3.05) is 0 Å². The molecule has 0 spiro atoms. The molecule has 0 saturated heterocycles. The van der Waals surface area contributed by atoms with E-state index in [1.807, 2.05) is 0 Å². The minimum Gasteiger partial charge on any atom is -0.0880 e. The van der Waals surface area contributed by atoms with E-state index in [2.05, 4.69) is 19.1 Å². The van der Waals surface area contributed by atoms with E-state index in [1.165, 1.54) is 25.7 Å². The van der Waals surface area contributed by atoms with Crippen molar-refractivity contribution in [1.82, 2.24) is 0 Å². The van der Waals surface area contributed by atoms with Crippen LogP contribution in [0.25, 0.3) is 0 Å². The highest BCUT2D eigenvalue weighted by molar-refractivity contribution is 5.01. The van der Waals surface area contributed by atoms with Crippen LogP contribution < -0.4 is 0 Å². The molecule has 0 aromatic rings. The van der Waals surface area contributed by atoms with E-state index in [0.29, 0.717) is 0 Å². The van der Waals surface area contributed by atoms with Crippen molar-refractivity contribution in [2.45, 2.75) is 32.6 Å². The lowest BCUT2D eigenvalue weighted by molar-refractivity contribution is 0.303. The van der Waals surface area contributed by atoms with Gasteiger partial charge in [0.25, 0.3) is 0 Å². The molecule has 0 aromatic carbocycles. The number of hydrogen-bond donors (Lipinski definition) is 0. The van der Waals surface area contributed by atoms with Gasteiger partial charge < -0.3 is 0 Å². The molecule has 0 radical (unpaired) electrons. The molecule has 0 bridgehead atoms. The maximum Gasteiger partial charge on any atom is -0.0202 e.